The molecule has 82 heavy (non-hydrogen) atoms. The lowest BCUT2D eigenvalue weighted by Crippen LogP contribution is -2.54. The monoisotopic (exact) mass is 1120 g/mol. The second-order valence-electron chi connectivity index (χ2n) is 18.3. The molecular weight excluding hydrogens is 1070 g/mol. The second kappa shape index (κ2) is 23.1. The average Bonchev–Trinajstić information content (AvgIpc) is 4.21. The zero-order chi connectivity index (χ0) is 57.7. The maximum absolute atomic E-state index is 15.8. The summed E-state index contributed by atoms with van der Waals surface area (Å²) in [6.07, 6.45) is -2.35. The fourth-order valence-corrected chi connectivity index (χ4v) is 8.81. The van der Waals surface area contributed by atoms with E-state index in [4.69, 9.17) is 38.3 Å². The first-order valence-corrected chi connectivity index (χ1v) is 25.1. The quantitative estimate of drug-likeness (QED) is 0.0811. The van der Waals surface area contributed by atoms with Crippen molar-refractivity contribution >= 4 is 56.9 Å². The van der Waals surface area contributed by atoms with Gasteiger partial charge in [0.05, 0.1) is 78.7 Å². The van der Waals surface area contributed by atoms with Crippen molar-refractivity contribution in [2.24, 2.45) is 0 Å². The number of nitrogens with zero attached hydrogens (tertiary/aromatic N) is 10. The van der Waals surface area contributed by atoms with Gasteiger partial charge in [-0.05, 0) is 81.4 Å². The van der Waals surface area contributed by atoms with Crippen LogP contribution in [-0.4, -0.2) is 86.6 Å². The molecular formula is C58H51F3N12O9. The fourth-order valence-electron chi connectivity index (χ4n) is 8.81. The molecule has 6 aromatic carbocycles. The van der Waals surface area contributed by atoms with Crippen molar-refractivity contribution in [3.05, 3.63) is 170 Å². The van der Waals surface area contributed by atoms with Crippen LogP contribution in [0.4, 0.5) is 45.8 Å². The van der Waals surface area contributed by atoms with Crippen molar-refractivity contribution in [3.63, 3.8) is 0 Å². The number of ether oxygens (including phenoxy) is 7. The van der Waals surface area contributed by atoms with Crippen LogP contribution < -0.4 is 49.1 Å². The van der Waals surface area contributed by atoms with E-state index in [0.29, 0.717) is 73.5 Å². The number of aromatic nitrogens is 8. The molecule has 418 valence electrons. The van der Waals surface area contributed by atoms with Gasteiger partial charge in [0.1, 0.15) is 41.3 Å². The molecule has 0 aliphatic heterocycles. The van der Waals surface area contributed by atoms with Crippen molar-refractivity contribution in [1.29, 1.82) is 0 Å². The number of urea groups is 2. The van der Waals surface area contributed by atoms with Crippen LogP contribution in [0.3, 0.4) is 0 Å². The van der Waals surface area contributed by atoms with Gasteiger partial charge < -0.3 is 33.2 Å². The number of anilines is 4. The molecule has 0 saturated heterocycles. The topological polar surface area (TPSA) is 216 Å². The van der Waals surface area contributed by atoms with Crippen molar-refractivity contribution in [2.45, 2.75) is 32.5 Å². The maximum Gasteiger partial charge on any atom is 0.433 e. The normalized spacial score (nSPS) is 11.5. The number of carbonyl (C=O) groups excluding carboxylic acids is 2. The highest BCUT2D eigenvalue weighted by molar-refractivity contribution is 6.13. The number of benzene rings is 6. The van der Waals surface area contributed by atoms with Gasteiger partial charge in [-0.3, -0.25) is 10.6 Å². The molecule has 21 nitrogen and oxygen atoms in total. The molecule has 0 unspecified atom stereocenters. The Labute approximate surface area is 466 Å². The maximum atomic E-state index is 15.8. The molecule has 4 aromatic heterocycles. The number of amides is 4. The summed E-state index contributed by atoms with van der Waals surface area (Å²) in [6.45, 7) is 5.83. The fraction of sp³-hybridized carbons (Fsp3) is 0.172. The first-order valence-electron chi connectivity index (χ1n) is 25.1. The first kappa shape index (κ1) is 54.8. The van der Waals surface area contributed by atoms with E-state index < -0.39 is 35.4 Å². The Hall–Kier alpha value is -10.5. The molecule has 4 amide bonds. The summed E-state index contributed by atoms with van der Waals surface area (Å²) in [5.41, 5.74) is -0.326. The van der Waals surface area contributed by atoms with E-state index in [0.717, 1.165) is 10.0 Å². The molecule has 0 aliphatic rings. The third-order valence-corrected chi connectivity index (χ3v) is 12.6. The Morgan fingerprint density at radius 1 is 0.549 bits per heavy atom. The molecule has 0 spiro atoms. The Morgan fingerprint density at radius 3 is 1.50 bits per heavy atom. The number of alkyl halides is 3. The van der Waals surface area contributed by atoms with E-state index >= 15 is 9.59 Å². The van der Waals surface area contributed by atoms with Crippen molar-refractivity contribution in [3.8, 4) is 57.6 Å². The van der Waals surface area contributed by atoms with E-state index in [9.17, 15) is 13.2 Å². The number of hydrazine groups is 1. The lowest BCUT2D eigenvalue weighted by molar-refractivity contribution is -0.142. The number of hydrogen-bond donors (Lipinski definition) is 2. The zero-order valence-corrected chi connectivity index (χ0v) is 45.0. The van der Waals surface area contributed by atoms with E-state index in [2.05, 4.69) is 35.7 Å². The first-order chi connectivity index (χ1) is 39.6. The summed E-state index contributed by atoms with van der Waals surface area (Å²) < 4.78 is 87.9. The highest BCUT2D eigenvalue weighted by Crippen LogP contribution is 2.40. The molecule has 10 aromatic rings. The predicted octanol–water partition coefficient (Wildman–Crippen LogP) is 12.5. The van der Waals surface area contributed by atoms with Crippen molar-refractivity contribution < 1.29 is 55.9 Å². The van der Waals surface area contributed by atoms with Crippen molar-refractivity contribution in [1.82, 2.24) is 39.5 Å². The highest BCUT2D eigenvalue weighted by Gasteiger charge is 2.38. The van der Waals surface area contributed by atoms with E-state index in [1.165, 1.54) is 88.2 Å². The Kier molecular flexibility index (Phi) is 15.4. The van der Waals surface area contributed by atoms with Gasteiger partial charge in [0.25, 0.3) is 0 Å². The van der Waals surface area contributed by atoms with Gasteiger partial charge in [0.15, 0.2) is 28.8 Å². The highest BCUT2D eigenvalue weighted by atomic mass is 19.4. The lowest BCUT2D eigenvalue weighted by atomic mass is 10.1. The number of para-hydroxylation sites is 2. The van der Waals surface area contributed by atoms with Gasteiger partial charge in [0, 0.05) is 43.0 Å². The molecule has 0 saturated carbocycles. The van der Waals surface area contributed by atoms with Crippen LogP contribution >= 0.6 is 0 Å². The minimum Gasteiger partial charge on any atom is -0.493 e. The third kappa shape index (κ3) is 11.4. The summed E-state index contributed by atoms with van der Waals surface area (Å²) in [4.78, 5) is 49.0. The molecule has 10 rings (SSSR count). The second-order valence-corrected chi connectivity index (χ2v) is 18.3. The van der Waals surface area contributed by atoms with E-state index in [-0.39, 0.29) is 46.1 Å². The molecule has 0 radical (unpaired) electrons. The number of carbonyl (C=O) groups is 2. The summed E-state index contributed by atoms with van der Waals surface area (Å²) in [6, 6.07) is 35.4. The summed E-state index contributed by atoms with van der Waals surface area (Å²) >= 11 is 0. The van der Waals surface area contributed by atoms with Crippen molar-refractivity contribution in [2.75, 3.05) is 55.7 Å². The van der Waals surface area contributed by atoms with Gasteiger partial charge in [-0.15, -0.1) is 5.10 Å². The number of fused-ring (bicyclic) bond motifs is 2. The molecule has 2 N–H and O–H groups in total. The molecule has 0 atom stereocenters. The Morgan fingerprint density at radius 2 is 1.02 bits per heavy atom. The summed E-state index contributed by atoms with van der Waals surface area (Å²) in [5.74, 6) is 1.48. The molecule has 0 aliphatic carbocycles. The number of rotatable bonds is 17. The van der Waals surface area contributed by atoms with Gasteiger partial charge in [-0.2, -0.15) is 28.3 Å². The Balaban J connectivity index is 1.15. The third-order valence-electron chi connectivity index (χ3n) is 12.6. The Bertz CT molecular complexity index is 3960. The molecule has 0 fully saturated rings. The van der Waals surface area contributed by atoms with E-state index in [1.807, 2.05) is 26.8 Å². The van der Waals surface area contributed by atoms with Gasteiger partial charge in [-0.1, -0.05) is 48.5 Å². The zero-order valence-electron chi connectivity index (χ0n) is 45.0. The smallest absolute Gasteiger partial charge is 0.433 e. The summed E-state index contributed by atoms with van der Waals surface area (Å²) in [7, 11) is 5.93. The van der Waals surface area contributed by atoms with Crippen LogP contribution in [0.5, 0.6) is 46.3 Å². The lowest BCUT2D eigenvalue weighted by Gasteiger charge is -2.34. The van der Waals surface area contributed by atoms with E-state index in [1.54, 1.807) is 91.0 Å². The van der Waals surface area contributed by atoms with Crippen LogP contribution in [0.15, 0.2) is 158 Å². The van der Waals surface area contributed by atoms with Gasteiger partial charge in [0.2, 0.25) is 11.8 Å². The summed E-state index contributed by atoms with van der Waals surface area (Å²) in [5, 5.41) is 17.3. The van der Waals surface area contributed by atoms with Crippen LogP contribution in [0.25, 0.3) is 33.2 Å². The minimum atomic E-state index is -4.94. The predicted molar refractivity (Wildman–Crippen MR) is 298 cm³/mol. The van der Waals surface area contributed by atoms with Crippen LogP contribution in [0.2, 0.25) is 0 Å². The van der Waals surface area contributed by atoms with Gasteiger partial charge in [-0.25, -0.2) is 38.9 Å². The number of methoxy groups -OCH3 is 4. The van der Waals surface area contributed by atoms with Gasteiger partial charge >= 0.3 is 18.2 Å². The van der Waals surface area contributed by atoms with Crippen LogP contribution in [-0.2, 0) is 16.5 Å². The van der Waals surface area contributed by atoms with Crippen LogP contribution in [0.1, 0.15) is 32.2 Å². The molecule has 0 bridgehead atoms. The number of halogens is 3. The average molecular weight is 1120 g/mol. The molecule has 24 heteroatoms. The number of nitrogens with one attached hydrogen (secondary N) is 2. The minimum absolute atomic E-state index is 0.0247. The SMILES string of the molecule is CCOC(C)(C)c1cc(NC(=O)N(c2cccc(Oc3ncnc4cc(OC)c(OC)cc34)c2)N(C(=O)Nc2cc(C(F)(F)F)n(-c3ccccc3)n2)c2cccc(Oc3ncnc4cc(OC)c(OC)cc34)c2)n(-c2ccccc2)n1. The standard InChI is InChI=1S/C58H51F3N12O9/c1-8-80-57(2,3)49-31-52(71(68-49)36-19-13-10-14-20-36)67-56(75)73(38-22-16-24-40(26-38)82-54-42-28-46(77-5)48(79-7)30-44(42)63-34-65-54)72(55(74)66-51-32-50(58(59,60)61)70(69-51)35-17-11-9-12-18-35)37-21-15-23-39(25-37)81-53-41-27-45(76-4)47(78-6)29-43(41)62-33-64-53/h9-34H,8H2,1-7H3,(H,67,75)(H,66,69,74). The molecule has 4 heterocycles. The largest absolute Gasteiger partial charge is 0.493 e. The number of hydrogen-bond acceptors (Lipinski definition) is 15. The van der Waals surface area contributed by atoms with Crippen LogP contribution in [0, 0.1) is 0 Å².